The first-order chi connectivity index (χ1) is 7.16. The molecule has 2 aromatic rings. The minimum atomic E-state index is -0.0386. The van der Waals surface area contributed by atoms with Crippen molar-refractivity contribution in [3.63, 3.8) is 0 Å². The van der Waals surface area contributed by atoms with E-state index < -0.39 is 0 Å². The number of nitrogens with zero attached hydrogens (tertiary/aromatic N) is 3. The minimum absolute atomic E-state index is 0.0386. The first kappa shape index (κ1) is 9.51. The van der Waals surface area contributed by atoms with Crippen LogP contribution in [0.3, 0.4) is 0 Å². The Balaban J connectivity index is 2.35. The van der Waals surface area contributed by atoms with Gasteiger partial charge >= 0.3 is 5.91 Å². The van der Waals surface area contributed by atoms with Crippen LogP contribution in [0.2, 0.25) is 0 Å². The molecule has 2 aromatic heterocycles. The zero-order valence-electron chi connectivity index (χ0n) is 8.47. The van der Waals surface area contributed by atoms with Gasteiger partial charge in [-0.2, -0.15) is 4.98 Å². The fourth-order valence-corrected chi connectivity index (χ4v) is 1.19. The summed E-state index contributed by atoms with van der Waals surface area (Å²) in [4.78, 5) is 15.1. The molecule has 0 amide bonds. The van der Waals surface area contributed by atoms with Gasteiger partial charge in [0.1, 0.15) is 0 Å². The fraction of sp³-hybridized carbons (Fsp3) is 0.200. The molecule has 0 spiro atoms. The maximum Gasteiger partial charge on any atom is 0.389 e. The van der Waals surface area contributed by atoms with Crippen molar-refractivity contribution in [3.05, 3.63) is 30.4 Å². The van der Waals surface area contributed by atoms with Gasteiger partial charge in [0, 0.05) is 12.1 Å². The SMILES string of the molecule is CC(=O)[n+]1ccc(-c2nc(C)no2)cc1. The number of aromatic nitrogens is 3. The van der Waals surface area contributed by atoms with E-state index in [0.717, 1.165) is 5.56 Å². The van der Waals surface area contributed by atoms with Crippen LogP contribution in [0, 0.1) is 6.92 Å². The lowest BCUT2D eigenvalue weighted by Gasteiger charge is -1.91. The Morgan fingerprint density at radius 1 is 1.40 bits per heavy atom. The van der Waals surface area contributed by atoms with Gasteiger partial charge in [0.25, 0.3) is 5.89 Å². The van der Waals surface area contributed by atoms with Crippen LogP contribution in [0.5, 0.6) is 0 Å². The third-order valence-electron chi connectivity index (χ3n) is 1.97. The van der Waals surface area contributed by atoms with E-state index in [-0.39, 0.29) is 5.91 Å². The van der Waals surface area contributed by atoms with Crippen LogP contribution in [0.4, 0.5) is 0 Å². The molecule has 0 fully saturated rings. The van der Waals surface area contributed by atoms with Gasteiger partial charge < -0.3 is 4.52 Å². The second-order valence-corrected chi connectivity index (χ2v) is 3.16. The number of rotatable bonds is 1. The molecule has 0 aliphatic rings. The molecule has 0 saturated heterocycles. The maximum absolute atomic E-state index is 11.0. The van der Waals surface area contributed by atoms with Crippen LogP contribution in [-0.4, -0.2) is 16.0 Å². The first-order valence-electron chi connectivity index (χ1n) is 4.50. The molecular formula is C10H10N3O2+. The van der Waals surface area contributed by atoms with Crippen molar-refractivity contribution in [2.45, 2.75) is 13.8 Å². The Morgan fingerprint density at radius 2 is 2.07 bits per heavy atom. The predicted octanol–water partition coefficient (Wildman–Crippen LogP) is 0.993. The molecule has 2 rings (SSSR count). The minimum Gasteiger partial charge on any atom is -0.334 e. The molecule has 5 nitrogen and oxygen atoms in total. The molecule has 0 radical (unpaired) electrons. The van der Waals surface area contributed by atoms with Crippen molar-refractivity contribution >= 4 is 5.91 Å². The summed E-state index contributed by atoms with van der Waals surface area (Å²) in [6, 6.07) is 3.52. The molecular weight excluding hydrogens is 194 g/mol. The average Bonchev–Trinajstić information content (AvgIpc) is 2.65. The summed E-state index contributed by atoms with van der Waals surface area (Å²) < 4.78 is 6.47. The van der Waals surface area contributed by atoms with Crippen molar-refractivity contribution in [1.82, 2.24) is 10.1 Å². The highest BCUT2D eigenvalue weighted by molar-refractivity contribution is 5.63. The molecule has 0 saturated carbocycles. The number of carbonyl (C=O) groups is 1. The van der Waals surface area contributed by atoms with Crippen molar-refractivity contribution in [3.8, 4) is 11.5 Å². The summed E-state index contributed by atoms with van der Waals surface area (Å²) >= 11 is 0. The average molecular weight is 204 g/mol. The van der Waals surface area contributed by atoms with Crippen LogP contribution in [0.15, 0.2) is 29.0 Å². The number of pyridine rings is 1. The van der Waals surface area contributed by atoms with Gasteiger partial charge in [0.05, 0.1) is 12.5 Å². The fourth-order valence-electron chi connectivity index (χ4n) is 1.19. The zero-order valence-corrected chi connectivity index (χ0v) is 8.47. The van der Waals surface area contributed by atoms with Crippen LogP contribution in [-0.2, 0) is 0 Å². The Morgan fingerprint density at radius 3 is 2.53 bits per heavy atom. The third-order valence-corrected chi connectivity index (χ3v) is 1.97. The lowest BCUT2D eigenvalue weighted by molar-refractivity contribution is -0.572. The summed E-state index contributed by atoms with van der Waals surface area (Å²) in [5.41, 5.74) is 0.799. The largest absolute Gasteiger partial charge is 0.389 e. The Kier molecular flexibility index (Phi) is 2.29. The molecule has 0 aromatic carbocycles. The van der Waals surface area contributed by atoms with Gasteiger partial charge in [-0.3, -0.25) is 0 Å². The van der Waals surface area contributed by atoms with E-state index in [1.54, 1.807) is 31.5 Å². The molecule has 2 heterocycles. The lowest BCUT2D eigenvalue weighted by Crippen LogP contribution is -2.39. The molecule has 0 unspecified atom stereocenters. The molecule has 5 heteroatoms. The van der Waals surface area contributed by atoms with Crippen molar-refractivity contribution < 1.29 is 13.9 Å². The smallest absolute Gasteiger partial charge is 0.334 e. The molecule has 0 aliphatic heterocycles. The molecule has 15 heavy (non-hydrogen) atoms. The van der Waals surface area contributed by atoms with Gasteiger partial charge in [-0.15, -0.1) is 4.57 Å². The van der Waals surface area contributed by atoms with Crippen LogP contribution < -0.4 is 4.57 Å². The van der Waals surface area contributed by atoms with E-state index in [9.17, 15) is 4.79 Å². The zero-order chi connectivity index (χ0) is 10.8. The number of aryl methyl sites for hydroxylation is 1. The highest BCUT2D eigenvalue weighted by atomic mass is 16.5. The van der Waals surface area contributed by atoms with Crippen LogP contribution in [0.1, 0.15) is 17.5 Å². The highest BCUT2D eigenvalue weighted by Gasteiger charge is 2.10. The number of hydrogen-bond acceptors (Lipinski definition) is 4. The quantitative estimate of drug-likeness (QED) is 0.650. The molecule has 0 bridgehead atoms. The van der Waals surface area contributed by atoms with E-state index in [2.05, 4.69) is 10.1 Å². The topological polar surface area (TPSA) is 59.9 Å². The van der Waals surface area contributed by atoms with Crippen molar-refractivity contribution in [1.29, 1.82) is 0 Å². The van der Waals surface area contributed by atoms with E-state index in [1.165, 1.54) is 11.5 Å². The Bertz CT molecular complexity index is 488. The summed E-state index contributed by atoms with van der Waals surface area (Å²) in [6.07, 6.45) is 3.33. The Labute approximate surface area is 86.4 Å². The predicted molar refractivity (Wildman–Crippen MR) is 51.0 cm³/mol. The molecule has 0 aliphatic carbocycles. The Hall–Kier alpha value is -2.04. The summed E-state index contributed by atoms with van der Waals surface area (Å²) in [5.74, 6) is 1.01. The lowest BCUT2D eigenvalue weighted by atomic mass is 10.2. The first-order valence-corrected chi connectivity index (χ1v) is 4.50. The van der Waals surface area contributed by atoms with E-state index >= 15 is 0 Å². The van der Waals surface area contributed by atoms with Gasteiger partial charge in [0.15, 0.2) is 18.2 Å². The molecule has 76 valence electrons. The van der Waals surface area contributed by atoms with Gasteiger partial charge in [0.2, 0.25) is 0 Å². The molecule has 0 N–H and O–H groups in total. The molecule has 0 atom stereocenters. The second kappa shape index (κ2) is 3.61. The number of hydrogen-bond donors (Lipinski definition) is 0. The highest BCUT2D eigenvalue weighted by Crippen LogP contribution is 2.14. The normalized spacial score (nSPS) is 10.3. The van der Waals surface area contributed by atoms with E-state index in [1.807, 2.05) is 0 Å². The van der Waals surface area contributed by atoms with Crippen molar-refractivity contribution in [2.75, 3.05) is 0 Å². The number of carbonyl (C=O) groups excluding carboxylic acids is 1. The monoisotopic (exact) mass is 204 g/mol. The van der Waals surface area contributed by atoms with Crippen molar-refractivity contribution in [2.24, 2.45) is 0 Å². The summed E-state index contributed by atoms with van der Waals surface area (Å²) in [5, 5.41) is 3.69. The van der Waals surface area contributed by atoms with Gasteiger partial charge in [-0.1, -0.05) is 5.16 Å². The summed E-state index contributed by atoms with van der Waals surface area (Å²) in [6.45, 7) is 3.25. The van der Waals surface area contributed by atoms with E-state index in [4.69, 9.17) is 4.52 Å². The van der Waals surface area contributed by atoms with Crippen LogP contribution in [0.25, 0.3) is 11.5 Å². The standard InChI is InChI=1S/C10H10N3O2/c1-7-11-10(15-12-7)9-3-5-13(6-4-9)8(2)14/h3-6H,1-2H3/q+1. The second-order valence-electron chi connectivity index (χ2n) is 3.16. The van der Waals surface area contributed by atoms with Gasteiger partial charge in [-0.25, -0.2) is 4.79 Å². The van der Waals surface area contributed by atoms with Gasteiger partial charge in [-0.05, 0) is 6.92 Å². The third kappa shape index (κ3) is 1.90. The maximum atomic E-state index is 11.0. The van der Waals surface area contributed by atoms with E-state index in [0.29, 0.717) is 11.7 Å². The van der Waals surface area contributed by atoms with Crippen LogP contribution >= 0.6 is 0 Å². The summed E-state index contributed by atoms with van der Waals surface area (Å²) in [7, 11) is 0.